The van der Waals surface area contributed by atoms with Crippen LogP contribution in [0.2, 0.25) is 0 Å². The molecule has 44 heavy (non-hydrogen) atoms. The highest BCUT2D eigenvalue weighted by atomic mass is 14.9. The molecule has 4 fully saturated rings. The zero-order valence-corrected chi connectivity index (χ0v) is 26.8. The maximum atomic E-state index is 5.44. The van der Waals surface area contributed by atoms with Gasteiger partial charge in [0.25, 0.3) is 0 Å². The molecular weight excluding hydrogens is 536 g/mol. The van der Waals surface area contributed by atoms with Crippen LogP contribution in [0.5, 0.6) is 0 Å². The van der Waals surface area contributed by atoms with Crippen molar-refractivity contribution in [3.8, 4) is 0 Å². The highest BCUT2D eigenvalue weighted by Gasteiger charge is 2.49. The van der Waals surface area contributed by atoms with Crippen molar-refractivity contribution in [3.05, 3.63) is 82.3 Å². The predicted octanol–water partition coefficient (Wildman–Crippen LogP) is 10.3. The summed E-state index contributed by atoms with van der Waals surface area (Å²) in [5, 5.41) is 0. The first-order chi connectivity index (χ1) is 21.7. The van der Waals surface area contributed by atoms with Crippen LogP contribution in [0.25, 0.3) is 0 Å². The molecule has 4 nitrogen and oxygen atoms in total. The lowest BCUT2D eigenvalue weighted by Gasteiger charge is -2.42. The Hall–Kier alpha value is -2.75. The summed E-state index contributed by atoms with van der Waals surface area (Å²) in [7, 11) is 0. The van der Waals surface area contributed by atoms with Gasteiger partial charge >= 0.3 is 0 Å². The van der Waals surface area contributed by atoms with Crippen LogP contribution < -0.4 is 0 Å². The van der Waals surface area contributed by atoms with Crippen LogP contribution in [0.3, 0.4) is 0 Å². The second-order valence-electron chi connectivity index (χ2n) is 15.8. The third-order valence-corrected chi connectivity index (χ3v) is 13.9. The molecule has 0 unspecified atom stereocenters. The highest BCUT2D eigenvalue weighted by molar-refractivity contribution is 5.98. The number of H-pyrrole nitrogens is 3. The molecule has 0 saturated heterocycles. The molecule has 0 radical (unpaired) electrons. The fourth-order valence-electron chi connectivity index (χ4n) is 11.3. The van der Waals surface area contributed by atoms with Crippen molar-refractivity contribution >= 4 is 5.71 Å². The van der Waals surface area contributed by atoms with Gasteiger partial charge in [0.05, 0.1) is 10.8 Å². The Morgan fingerprint density at radius 1 is 0.386 bits per heavy atom. The summed E-state index contributed by atoms with van der Waals surface area (Å²) < 4.78 is 0. The number of nitrogens with one attached hydrogen (secondary N) is 3. The van der Waals surface area contributed by atoms with E-state index in [0.717, 1.165) is 6.42 Å². The molecule has 3 aromatic rings. The molecule has 0 amide bonds. The first-order valence-corrected chi connectivity index (χ1v) is 18.5. The summed E-state index contributed by atoms with van der Waals surface area (Å²) in [6.45, 7) is 0. The standard InChI is InChI=1S/C40H52N4/c1-5-19-37(20-6-1)29-27-36(41-28-29)40(25-11-4-12-26-40)35-18-17-34(44-35)39(23-9-3-10-24-39)33-16-15-32(43-33)38(21-7-2-8-22-38)31-14-13-30(37)42-31/h13-18,28,42-44H,1-12,19-27H2. The molecular formula is C40H52N4. The van der Waals surface area contributed by atoms with E-state index in [-0.39, 0.29) is 21.7 Å². The van der Waals surface area contributed by atoms with Crippen molar-refractivity contribution in [2.75, 3.05) is 0 Å². The zero-order chi connectivity index (χ0) is 29.2. The van der Waals surface area contributed by atoms with Crippen molar-refractivity contribution in [1.29, 1.82) is 0 Å². The average molecular weight is 589 g/mol. The molecule has 4 heteroatoms. The summed E-state index contributed by atoms with van der Waals surface area (Å²) in [4.78, 5) is 18.1. The number of allylic oxidation sites excluding steroid dienone is 1. The zero-order valence-electron chi connectivity index (χ0n) is 26.8. The minimum atomic E-state index is 0.0471. The van der Waals surface area contributed by atoms with Gasteiger partial charge in [0.1, 0.15) is 0 Å². The SMILES string of the molecule is C1=C2CC(=N1)C1(CCCCC1)c1ccc([nH]1)C1(CCCCC1)c1ccc([nH]1)C1(CCCCC1)c1ccc([nH]1)C21CCCCC1. The van der Waals surface area contributed by atoms with Crippen molar-refractivity contribution in [2.45, 2.75) is 156 Å². The van der Waals surface area contributed by atoms with E-state index in [1.807, 2.05) is 0 Å². The van der Waals surface area contributed by atoms with Gasteiger partial charge in [0.2, 0.25) is 0 Å². The topological polar surface area (TPSA) is 59.7 Å². The Morgan fingerprint density at radius 2 is 0.705 bits per heavy atom. The Labute approximate surface area is 264 Å². The lowest BCUT2D eigenvalue weighted by molar-refractivity contribution is 0.312. The van der Waals surface area contributed by atoms with Gasteiger partial charge in [0, 0.05) is 63.3 Å². The van der Waals surface area contributed by atoms with Gasteiger partial charge in [0.15, 0.2) is 0 Å². The van der Waals surface area contributed by atoms with Crippen molar-refractivity contribution in [2.24, 2.45) is 4.99 Å². The Morgan fingerprint density at radius 3 is 1.11 bits per heavy atom. The Bertz CT molecular complexity index is 1450. The lowest BCUT2D eigenvalue weighted by Crippen LogP contribution is -2.40. The largest absolute Gasteiger partial charge is 0.361 e. The van der Waals surface area contributed by atoms with E-state index < -0.39 is 0 Å². The Kier molecular flexibility index (Phi) is 6.51. The average Bonchev–Trinajstić information content (AvgIpc) is 3.93. The molecule has 0 aromatic carbocycles. The second-order valence-corrected chi connectivity index (χ2v) is 15.8. The molecule has 4 saturated carbocycles. The number of aromatic amines is 3. The van der Waals surface area contributed by atoms with Crippen molar-refractivity contribution in [1.82, 2.24) is 15.0 Å². The van der Waals surface area contributed by atoms with Gasteiger partial charge in [-0.3, -0.25) is 4.99 Å². The summed E-state index contributed by atoms with van der Waals surface area (Å²) in [6, 6.07) is 15.0. The molecule has 4 aliphatic carbocycles. The lowest BCUT2D eigenvalue weighted by atomic mass is 9.63. The highest BCUT2D eigenvalue weighted by Crippen LogP contribution is 2.54. The number of aromatic nitrogens is 3. The first kappa shape index (κ1) is 27.6. The number of nitrogens with zero attached hydrogens (tertiary/aromatic N) is 1. The summed E-state index contributed by atoms with van der Waals surface area (Å²) in [5.74, 6) is 0. The van der Waals surface area contributed by atoms with Gasteiger partial charge in [-0.05, 0) is 93.3 Å². The van der Waals surface area contributed by atoms with Crippen LogP contribution in [0.15, 0.2) is 53.2 Å². The van der Waals surface area contributed by atoms with Gasteiger partial charge in [-0.15, -0.1) is 0 Å². The molecule has 3 aromatic heterocycles. The second kappa shape index (κ2) is 10.4. The maximum absolute atomic E-state index is 5.44. The fraction of sp³-hybridized carbons (Fsp3) is 0.625. The van der Waals surface area contributed by atoms with Crippen LogP contribution in [-0.2, 0) is 21.7 Å². The van der Waals surface area contributed by atoms with Crippen LogP contribution in [0.4, 0.5) is 0 Å². The summed E-state index contributed by atoms with van der Waals surface area (Å²) >= 11 is 0. The van der Waals surface area contributed by atoms with Crippen LogP contribution in [-0.4, -0.2) is 20.7 Å². The molecule has 5 heterocycles. The number of aliphatic imine (C=N–C) groups is 1. The number of fused-ring (bicyclic) bond motifs is 16. The quantitative estimate of drug-likeness (QED) is 0.234. The van der Waals surface area contributed by atoms with E-state index in [4.69, 9.17) is 4.99 Å². The van der Waals surface area contributed by atoms with E-state index in [2.05, 4.69) is 57.6 Å². The molecule has 232 valence electrons. The van der Waals surface area contributed by atoms with Crippen LogP contribution >= 0.6 is 0 Å². The molecule has 3 N–H and O–H groups in total. The third-order valence-electron chi connectivity index (χ3n) is 13.9. The normalized spacial score (nSPS) is 26.6. The predicted molar refractivity (Wildman–Crippen MR) is 180 cm³/mol. The maximum Gasteiger partial charge on any atom is 0.0503 e. The number of hydrogen-bond donors (Lipinski definition) is 3. The molecule has 4 spiro atoms. The molecule has 6 aliphatic rings. The van der Waals surface area contributed by atoms with Crippen LogP contribution in [0.1, 0.15) is 169 Å². The fourth-order valence-corrected chi connectivity index (χ4v) is 11.3. The van der Waals surface area contributed by atoms with E-state index in [1.165, 1.54) is 168 Å². The Balaban J connectivity index is 1.26. The first-order valence-electron chi connectivity index (χ1n) is 18.5. The van der Waals surface area contributed by atoms with Gasteiger partial charge in [-0.1, -0.05) is 77.0 Å². The van der Waals surface area contributed by atoms with Crippen molar-refractivity contribution < 1.29 is 0 Å². The monoisotopic (exact) mass is 588 g/mol. The van der Waals surface area contributed by atoms with E-state index in [1.54, 1.807) is 5.57 Å². The summed E-state index contributed by atoms with van der Waals surface area (Å²) in [5.41, 5.74) is 12.0. The van der Waals surface area contributed by atoms with Crippen LogP contribution in [0, 0.1) is 0 Å². The molecule has 2 aliphatic heterocycles. The van der Waals surface area contributed by atoms with Crippen molar-refractivity contribution in [3.63, 3.8) is 0 Å². The van der Waals surface area contributed by atoms with E-state index >= 15 is 0 Å². The van der Waals surface area contributed by atoms with Gasteiger partial charge in [-0.2, -0.15) is 0 Å². The third kappa shape index (κ3) is 3.91. The van der Waals surface area contributed by atoms with E-state index in [0.29, 0.717) is 0 Å². The number of rotatable bonds is 0. The summed E-state index contributed by atoms with van der Waals surface area (Å²) in [6.07, 6.45) is 29.2. The smallest absolute Gasteiger partial charge is 0.0503 e. The molecule has 8 bridgehead atoms. The molecule has 0 atom stereocenters. The van der Waals surface area contributed by atoms with Gasteiger partial charge in [-0.25, -0.2) is 0 Å². The number of hydrogen-bond acceptors (Lipinski definition) is 1. The van der Waals surface area contributed by atoms with Gasteiger partial charge < -0.3 is 15.0 Å². The minimum absolute atomic E-state index is 0.0471. The van der Waals surface area contributed by atoms with E-state index in [9.17, 15) is 0 Å². The molecule has 9 rings (SSSR count). The minimum Gasteiger partial charge on any atom is -0.361 e.